The van der Waals surface area contributed by atoms with Crippen molar-refractivity contribution in [3.63, 3.8) is 0 Å². The number of imide groups is 2. The lowest BCUT2D eigenvalue weighted by Gasteiger charge is -2.26. The maximum Gasteiger partial charge on any atom is 0.335 e. The molecule has 2 heterocycles. The van der Waals surface area contributed by atoms with Crippen LogP contribution in [0.25, 0.3) is 17.0 Å². The van der Waals surface area contributed by atoms with Crippen molar-refractivity contribution < 1.29 is 18.8 Å². The molecule has 7 heteroatoms. The summed E-state index contributed by atoms with van der Waals surface area (Å²) in [5.41, 5.74) is 2.39. The van der Waals surface area contributed by atoms with Crippen LogP contribution in [-0.4, -0.2) is 22.4 Å². The maximum atomic E-state index is 13.6. The molecule has 4 amide bonds. The van der Waals surface area contributed by atoms with Crippen LogP contribution in [-0.2, 0) is 16.6 Å². The quantitative estimate of drug-likeness (QED) is 0.550. The zero-order chi connectivity index (χ0) is 20.0. The highest BCUT2D eigenvalue weighted by Gasteiger charge is 2.37. The summed E-state index contributed by atoms with van der Waals surface area (Å²) in [4.78, 5) is 38.3. The molecule has 0 bridgehead atoms. The Bertz CT molecular complexity index is 1190. The number of aromatic nitrogens is 1. The molecule has 140 valence electrons. The number of hydrogen-bond acceptors (Lipinski definition) is 3. The average Bonchev–Trinajstić information content (AvgIpc) is 2.90. The Labute approximate surface area is 159 Å². The number of carbonyl (C=O) groups excluding carboxylic acids is 3. The first-order valence-electron chi connectivity index (χ1n) is 8.59. The smallest absolute Gasteiger partial charge is 0.335 e. The molecule has 0 unspecified atom stereocenters. The molecule has 1 saturated heterocycles. The highest BCUT2D eigenvalue weighted by atomic mass is 19.1. The molecule has 0 aliphatic carbocycles. The van der Waals surface area contributed by atoms with Gasteiger partial charge < -0.3 is 4.57 Å². The number of carbonyl (C=O) groups is 3. The van der Waals surface area contributed by atoms with Crippen LogP contribution in [0, 0.1) is 12.7 Å². The Balaban J connectivity index is 1.86. The Morgan fingerprint density at radius 2 is 1.79 bits per heavy atom. The van der Waals surface area contributed by atoms with E-state index in [2.05, 4.69) is 5.32 Å². The van der Waals surface area contributed by atoms with Gasteiger partial charge >= 0.3 is 6.03 Å². The van der Waals surface area contributed by atoms with Gasteiger partial charge in [0.1, 0.15) is 11.4 Å². The standard InChI is InChI=1S/C21H16FN3O3/c1-12-16(15-8-3-4-9-18(15)24(12)2)11-17-19(26)23-21(28)25(20(17)27)14-7-5-6-13(22)10-14/h3-11H,1-2H3,(H,23,26,28)/b17-11-. The monoisotopic (exact) mass is 377 g/mol. The van der Waals surface area contributed by atoms with E-state index in [9.17, 15) is 18.8 Å². The van der Waals surface area contributed by atoms with Crippen LogP contribution in [0.15, 0.2) is 54.1 Å². The molecule has 1 fully saturated rings. The number of hydrogen-bond donors (Lipinski definition) is 1. The van der Waals surface area contributed by atoms with Crippen LogP contribution in [0.4, 0.5) is 14.9 Å². The van der Waals surface area contributed by atoms with Gasteiger partial charge in [-0.1, -0.05) is 24.3 Å². The lowest BCUT2D eigenvalue weighted by atomic mass is 10.0. The van der Waals surface area contributed by atoms with Crippen LogP contribution in [0.5, 0.6) is 0 Å². The third-order valence-corrected chi connectivity index (χ3v) is 4.91. The second kappa shape index (κ2) is 6.45. The lowest BCUT2D eigenvalue weighted by Crippen LogP contribution is -2.54. The number of para-hydroxylation sites is 1. The van der Waals surface area contributed by atoms with Crippen molar-refractivity contribution in [2.75, 3.05) is 4.90 Å². The van der Waals surface area contributed by atoms with Crippen molar-refractivity contribution in [2.24, 2.45) is 7.05 Å². The van der Waals surface area contributed by atoms with E-state index >= 15 is 0 Å². The second-order valence-corrected chi connectivity index (χ2v) is 6.51. The fraction of sp³-hybridized carbons (Fsp3) is 0.0952. The van der Waals surface area contributed by atoms with E-state index < -0.39 is 23.7 Å². The van der Waals surface area contributed by atoms with Gasteiger partial charge in [0.25, 0.3) is 11.8 Å². The molecule has 1 aliphatic rings. The van der Waals surface area contributed by atoms with Crippen LogP contribution in [0.3, 0.4) is 0 Å². The highest BCUT2D eigenvalue weighted by Crippen LogP contribution is 2.29. The summed E-state index contributed by atoms with van der Waals surface area (Å²) in [5.74, 6) is -2.17. The highest BCUT2D eigenvalue weighted by molar-refractivity contribution is 6.39. The fourth-order valence-corrected chi connectivity index (χ4v) is 3.38. The van der Waals surface area contributed by atoms with Gasteiger partial charge in [-0.2, -0.15) is 0 Å². The van der Waals surface area contributed by atoms with Gasteiger partial charge in [0, 0.05) is 29.2 Å². The normalized spacial score (nSPS) is 16.2. The minimum absolute atomic E-state index is 0.0514. The van der Waals surface area contributed by atoms with Crippen molar-refractivity contribution in [1.29, 1.82) is 0 Å². The molecule has 2 aromatic carbocycles. The van der Waals surface area contributed by atoms with Gasteiger partial charge in [-0.05, 0) is 37.3 Å². The van der Waals surface area contributed by atoms with Crippen LogP contribution < -0.4 is 10.2 Å². The van der Waals surface area contributed by atoms with Crippen molar-refractivity contribution in [3.05, 3.63) is 71.2 Å². The van der Waals surface area contributed by atoms with Crippen molar-refractivity contribution >= 4 is 40.5 Å². The number of barbiturate groups is 1. The molecule has 1 aliphatic heterocycles. The predicted molar refractivity (Wildman–Crippen MR) is 103 cm³/mol. The van der Waals surface area contributed by atoms with E-state index in [4.69, 9.17) is 0 Å². The molecular formula is C21H16FN3O3. The van der Waals surface area contributed by atoms with E-state index in [-0.39, 0.29) is 11.3 Å². The third kappa shape index (κ3) is 2.68. The zero-order valence-electron chi connectivity index (χ0n) is 15.2. The summed E-state index contributed by atoms with van der Waals surface area (Å²) in [6.07, 6.45) is 1.48. The van der Waals surface area contributed by atoms with Gasteiger partial charge in [0.2, 0.25) is 0 Å². The number of urea groups is 1. The number of aryl methyl sites for hydroxylation is 1. The van der Waals surface area contributed by atoms with Gasteiger partial charge in [0.05, 0.1) is 5.69 Å². The number of nitrogens with one attached hydrogen (secondary N) is 1. The minimum atomic E-state index is -0.910. The number of amides is 4. The molecule has 4 rings (SSSR count). The number of rotatable bonds is 2. The summed E-state index contributed by atoms with van der Waals surface area (Å²) in [7, 11) is 1.89. The van der Waals surface area contributed by atoms with E-state index in [1.165, 1.54) is 24.3 Å². The number of halogens is 1. The average molecular weight is 377 g/mol. The molecular weight excluding hydrogens is 361 g/mol. The van der Waals surface area contributed by atoms with E-state index in [1.54, 1.807) is 0 Å². The molecule has 1 N–H and O–H groups in total. The number of fused-ring (bicyclic) bond motifs is 1. The van der Waals surface area contributed by atoms with Gasteiger partial charge in [-0.15, -0.1) is 0 Å². The molecule has 6 nitrogen and oxygen atoms in total. The number of benzene rings is 2. The number of anilines is 1. The van der Waals surface area contributed by atoms with E-state index in [1.807, 2.05) is 42.8 Å². The summed E-state index contributed by atoms with van der Waals surface area (Å²) in [5, 5.41) is 3.03. The summed E-state index contributed by atoms with van der Waals surface area (Å²) < 4.78 is 15.5. The topological polar surface area (TPSA) is 71.4 Å². The Morgan fingerprint density at radius 1 is 1.04 bits per heavy atom. The Hall–Kier alpha value is -3.74. The summed E-state index contributed by atoms with van der Waals surface area (Å²) in [6.45, 7) is 1.88. The van der Waals surface area contributed by atoms with Crippen molar-refractivity contribution in [3.8, 4) is 0 Å². The minimum Gasteiger partial charge on any atom is -0.347 e. The largest absolute Gasteiger partial charge is 0.347 e. The van der Waals surface area contributed by atoms with Gasteiger partial charge in [-0.25, -0.2) is 14.1 Å². The maximum absolute atomic E-state index is 13.6. The summed E-state index contributed by atoms with van der Waals surface area (Å²) in [6, 6.07) is 11.8. The van der Waals surface area contributed by atoms with Crippen LogP contribution >= 0.6 is 0 Å². The fourth-order valence-electron chi connectivity index (χ4n) is 3.38. The van der Waals surface area contributed by atoms with Gasteiger partial charge in [-0.3, -0.25) is 14.9 Å². The molecule has 3 aromatic rings. The Kier molecular flexibility index (Phi) is 4.07. The molecule has 28 heavy (non-hydrogen) atoms. The Morgan fingerprint density at radius 3 is 2.54 bits per heavy atom. The SMILES string of the molecule is Cc1c(/C=C2/C(=O)NC(=O)N(c3cccc(F)c3)C2=O)c2ccccc2n1C. The predicted octanol–water partition coefficient (Wildman–Crippen LogP) is 3.29. The first-order chi connectivity index (χ1) is 13.4. The molecule has 1 aromatic heterocycles. The second-order valence-electron chi connectivity index (χ2n) is 6.51. The zero-order valence-corrected chi connectivity index (χ0v) is 15.2. The lowest BCUT2D eigenvalue weighted by molar-refractivity contribution is -0.122. The first-order valence-corrected chi connectivity index (χ1v) is 8.59. The first kappa shape index (κ1) is 17.7. The third-order valence-electron chi connectivity index (χ3n) is 4.91. The molecule has 0 radical (unpaired) electrons. The van der Waals surface area contributed by atoms with Crippen LogP contribution in [0.2, 0.25) is 0 Å². The van der Waals surface area contributed by atoms with E-state index in [0.717, 1.165) is 27.6 Å². The van der Waals surface area contributed by atoms with Crippen molar-refractivity contribution in [2.45, 2.75) is 6.92 Å². The van der Waals surface area contributed by atoms with Crippen molar-refractivity contribution in [1.82, 2.24) is 9.88 Å². The van der Waals surface area contributed by atoms with E-state index in [0.29, 0.717) is 5.56 Å². The van der Waals surface area contributed by atoms with Gasteiger partial charge in [0.15, 0.2) is 0 Å². The molecule has 0 spiro atoms. The molecule has 0 saturated carbocycles. The summed E-state index contributed by atoms with van der Waals surface area (Å²) >= 11 is 0. The van der Waals surface area contributed by atoms with Crippen LogP contribution in [0.1, 0.15) is 11.3 Å². The molecule has 0 atom stereocenters. The number of nitrogens with zero attached hydrogens (tertiary/aromatic N) is 2.